The summed E-state index contributed by atoms with van der Waals surface area (Å²) in [5, 5.41) is 3.40. The highest BCUT2D eigenvalue weighted by molar-refractivity contribution is 5.94. The van der Waals surface area contributed by atoms with Gasteiger partial charge in [-0.1, -0.05) is 0 Å². The van der Waals surface area contributed by atoms with Crippen molar-refractivity contribution < 1.29 is 14.3 Å². The van der Waals surface area contributed by atoms with E-state index in [9.17, 15) is 9.59 Å². The van der Waals surface area contributed by atoms with E-state index in [0.29, 0.717) is 31.0 Å². The molecule has 4 aliphatic carbocycles. The molecule has 6 rings (SSSR count). The third-order valence-corrected chi connectivity index (χ3v) is 8.06. The normalized spacial score (nSPS) is 34.6. The Balaban J connectivity index is 1.21. The maximum atomic E-state index is 13.0. The fraction of sp³-hybridized carbons (Fsp3) is 0.680. The van der Waals surface area contributed by atoms with Gasteiger partial charge in [0.15, 0.2) is 0 Å². The van der Waals surface area contributed by atoms with Crippen molar-refractivity contribution >= 4 is 17.6 Å². The summed E-state index contributed by atoms with van der Waals surface area (Å²) < 4.78 is 5.21. The van der Waals surface area contributed by atoms with Gasteiger partial charge in [-0.2, -0.15) is 0 Å². The molecule has 30 heavy (non-hydrogen) atoms. The molecule has 1 aliphatic heterocycles. The van der Waals surface area contributed by atoms with Gasteiger partial charge < -0.3 is 15.0 Å². The first-order valence-electron chi connectivity index (χ1n) is 11.9. The number of anilines is 1. The minimum absolute atomic E-state index is 0.0569. The molecule has 5 heteroatoms. The zero-order valence-electron chi connectivity index (χ0n) is 18.0. The van der Waals surface area contributed by atoms with Gasteiger partial charge >= 0.3 is 5.97 Å². The second kappa shape index (κ2) is 8.24. The van der Waals surface area contributed by atoms with Crippen LogP contribution in [0.3, 0.4) is 0 Å². The minimum atomic E-state index is -0.0890. The molecule has 5 fully saturated rings. The molecule has 5 aliphatic rings. The van der Waals surface area contributed by atoms with E-state index in [2.05, 4.69) is 10.2 Å². The van der Waals surface area contributed by atoms with Crippen molar-refractivity contribution in [3.05, 3.63) is 29.8 Å². The van der Waals surface area contributed by atoms with Crippen LogP contribution < -0.4 is 10.2 Å². The third kappa shape index (κ3) is 3.83. The Morgan fingerprint density at radius 1 is 1.03 bits per heavy atom. The number of nitrogens with zero attached hydrogens (tertiary/aromatic N) is 1. The van der Waals surface area contributed by atoms with Crippen LogP contribution in [0.1, 0.15) is 62.2 Å². The van der Waals surface area contributed by atoms with E-state index in [1.54, 1.807) is 0 Å². The lowest BCUT2D eigenvalue weighted by molar-refractivity contribution is -0.148. The summed E-state index contributed by atoms with van der Waals surface area (Å²) in [6.07, 6.45) is 8.56. The number of nitrogens with one attached hydrogen (secondary N) is 1. The summed E-state index contributed by atoms with van der Waals surface area (Å²) in [6.45, 7) is 3.92. The molecule has 1 atom stereocenters. The lowest BCUT2D eigenvalue weighted by atomic mass is 9.54. The topological polar surface area (TPSA) is 58.6 Å². The highest BCUT2D eigenvalue weighted by Gasteiger charge is 2.48. The van der Waals surface area contributed by atoms with E-state index in [-0.39, 0.29) is 17.8 Å². The first kappa shape index (κ1) is 19.9. The number of benzene rings is 1. The molecular weight excluding hydrogens is 376 g/mol. The van der Waals surface area contributed by atoms with Crippen LogP contribution in [0.2, 0.25) is 0 Å². The first-order chi connectivity index (χ1) is 14.6. The number of amides is 1. The zero-order valence-corrected chi connectivity index (χ0v) is 18.0. The van der Waals surface area contributed by atoms with Crippen molar-refractivity contribution in [1.29, 1.82) is 0 Å². The van der Waals surface area contributed by atoms with Crippen molar-refractivity contribution in [2.45, 2.75) is 57.9 Å². The van der Waals surface area contributed by atoms with E-state index < -0.39 is 0 Å². The molecule has 1 saturated heterocycles. The second-order valence-electron chi connectivity index (χ2n) is 10.0. The molecule has 162 valence electrons. The van der Waals surface area contributed by atoms with E-state index in [0.717, 1.165) is 42.5 Å². The Hall–Kier alpha value is -2.04. The SMILES string of the molecule is CCOC(=O)C1CCCN(c2ccc(C(=O)NC3C4CC5CC(C4)CC3C5)cc2)C1. The van der Waals surface area contributed by atoms with Gasteiger partial charge in [-0.3, -0.25) is 9.59 Å². The highest BCUT2D eigenvalue weighted by Crippen LogP contribution is 2.53. The summed E-state index contributed by atoms with van der Waals surface area (Å²) in [5.74, 6) is 3.15. The summed E-state index contributed by atoms with van der Waals surface area (Å²) in [4.78, 5) is 27.3. The molecule has 1 amide bonds. The third-order valence-electron chi connectivity index (χ3n) is 8.06. The smallest absolute Gasteiger partial charge is 0.310 e. The average Bonchev–Trinajstić information content (AvgIpc) is 2.76. The van der Waals surface area contributed by atoms with Gasteiger partial charge in [-0.25, -0.2) is 0 Å². The Morgan fingerprint density at radius 3 is 2.33 bits per heavy atom. The van der Waals surface area contributed by atoms with E-state index in [1.807, 2.05) is 31.2 Å². The van der Waals surface area contributed by atoms with Crippen LogP contribution in [0.15, 0.2) is 24.3 Å². The van der Waals surface area contributed by atoms with Crippen molar-refractivity contribution in [2.75, 3.05) is 24.6 Å². The predicted molar refractivity (Wildman–Crippen MR) is 116 cm³/mol. The molecule has 0 aromatic heterocycles. The van der Waals surface area contributed by atoms with Crippen LogP contribution in [-0.4, -0.2) is 37.6 Å². The van der Waals surface area contributed by atoms with Gasteiger partial charge in [0, 0.05) is 30.4 Å². The molecule has 1 unspecified atom stereocenters. The second-order valence-corrected chi connectivity index (χ2v) is 10.0. The fourth-order valence-corrected chi connectivity index (χ4v) is 6.88. The molecule has 4 bridgehead atoms. The van der Waals surface area contributed by atoms with E-state index in [4.69, 9.17) is 4.74 Å². The van der Waals surface area contributed by atoms with Crippen molar-refractivity contribution in [3.63, 3.8) is 0 Å². The lowest BCUT2D eigenvalue weighted by Crippen LogP contribution is -2.55. The van der Waals surface area contributed by atoms with Crippen LogP contribution in [-0.2, 0) is 9.53 Å². The van der Waals surface area contributed by atoms with Crippen molar-refractivity contribution in [2.24, 2.45) is 29.6 Å². The molecule has 0 radical (unpaired) electrons. The van der Waals surface area contributed by atoms with Crippen LogP contribution in [0.5, 0.6) is 0 Å². The van der Waals surface area contributed by atoms with Crippen LogP contribution >= 0.6 is 0 Å². The molecule has 1 N–H and O–H groups in total. The molecule has 1 aromatic carbocycles. The number of carbonyl (C=O) groups excluding carboxylic acids is 2. The summed E-state index contributed by atoms with van der Waals surface area (Å²) in [6, 6.07) is 8.31. The van der Waals surface area contributed by atoms with Gasteiger partial charge in [0.05, 0.1) is 12.5 Å². The molecular formula is C25H34N2O3. The molecule has 5 nitrogen and oxygen atoms in total. The standard InChI is InChI=1S/C25H34N2O3/c1-2-30-25(29)19-4-3-9-27(15-19)22-7-5-18(6-8-22)24(28)26-23-20-11-16-10-17(13-20)14-21(23)12-16/h5-8,16-17,19-21,23H,2-4,9-15H2,1H3,(H,26,28). The fourth-order valence-electron chi connectivity index (χ4n) is 6.88. The number of esters is 1. The maximum Gasteiger partial charge on any atom is 0.310 e. The number of carbonyl (C=O) groups is 2. The van der Waals surface area contributed by atoms with Gasteiger partial charge in [0.1, 0.15) is 0 Å². The van der Waals surface area contributed by atoms with Gasteiger partial charge in [-0.15, -0.1) is 0 Å². The van der Waals surface area contributed by atoms with Gasteiger partial charge in [-0.05, 0) is 99.8 Å². The van der Waals surface area contributed by atoms with E-state index in [1.165, 1.54) is 32.1 Å². The number of hydrogen-bond acceptors (Lipinski definition) is 4. The molecule has 1 aromatic rings. The highest BCUT2D eigenvalue weighted by atomic mass is 16.5. The number of piperidine rings is 1. The van der Waals surface area contributed by atoms with Crippen LogP contribution in [0, 0.1) is 29.6 Å². The van der Waals surface area contributed by atoms with Gasteiger partial charge in [0.25, 0.3) is 5.91 Å². The maximum absolute atomic E-state index is 13.0. The van der Waals surface area contributed by atoms with Crippen molar-refractivity contribution in [3.8, 4) is 0 Å². The number of ether oxygens (including phenoxy) is 1. The molecule has 1 heterocycles. The lowest BCUT2D eigenvalue weighted by Gasteiger charge is -2.54. The molecule has 0 spiro atoms. The van der Waals surface area contributed by atoms with Crippen LogP contribution in [0.25, 0.3) is 0 Å². The number of rotatable bonds is 5. The Kier molecular flexibility index (Phi) is 5.46. The Morgan fingerprint density at radius 2 is 1.70 bits per heavy atom. The zero-order chi connectivity index (χ0) is 20.7. The van der Waals surface area contributed by atoms with Crippen LogP contribution in [0.4, 0.5) is 5.69 Å². The summed E-state index contributed by atoms with van der Waals surface area (Å²) in [5.41, 5.74) is 1.82. The summed E-state index contributed by atoms with van der Waals surface area (Å²) >= 11 is 0. The number of hydrogen-bond donors (Lipinski definition) is 1. The average molecular weight is 411 g/mol. The van der Waals surface area contributed by atoms with E-state index >= 15 is 0 Å². The quantitative estimate of drug-likeness (QED) is 0.745. The van der Waals surface area contributed by atoms with Crippen molar-refractivity contribution in [1.82, 2.24) is 5.32 Å². The predicted octanol–water partition coefficient (Wildman–Crippen LogP) is 4.02. The van der Waals surface area contributed by atoms with Gasteiger partial charge in [0.2, 0.25) is 0 Å². The largest absolute Gasteiger partial charge is 0.466 e. The minimum Gasteiger partial charge on any atom is -0.466 e. The molecule has 4 saturated carbocycles. The Labute approximate surface area is 179 Å². The summed E-state index contributed by atoms with van der Waals surface area (Å²) in [7, 11) is 0. The first-order valence-corrected chi connectivity index (χ1v) is 11.9. The Bertz CT molecular complexity index is 762. The monoisotopic (exact) mass is 410 g/mol.